The third-order valence-corrected chi connectivity index (χ3v) is 4.42. The summed E-state index contributed by atoms with van der Waals surface area (Å²) in [4.78, 5) is 12.8. The molecule has 1 amide bonds. The van der Waals surface area contributed by atoms with Gasteiger partial charge in [0.2, 0.25) is 0 Å². The summed E-state index contributed by atoms with van der Waals surface area (Å²) in [5.41, 5.74) is 3.02. The number of carbonyl (C=O) groups excluding carboxylic acids is 1. The third-order valence-electron chi connectivity index (χ3n) is 4.42. The van der Waals surface area contributed by atoms with Crippen molar-refractivity contribution >= 4 is 11.6 Å². The van der Waals surface area contributed by atoms with Gasteiger partial charge >= 0.3 is 0 Å². The molecule has 2 aromatic rings. The highest BCUT2D eigenvalue weighted by molar-refractivity contribution is 5.94. The highest BCUT2D eigenvalue weighted by Crippen LogP contribution is 2.15. The van der Waals surface area contributed by atoms with Crippen LogP contribution in [0.15, 0.2) is 54.6 Å². The molecule has 0 aromatic heterocycles. The quantitative estimate of drug-likeness (QED) is 0.857. The lowest BCUT2D eigenvalue weighted by Gasteiger charge is -2.18. The number of aryl methyl sites for hydroxylation is 1. The van der Waals surface area contributed by atoms with Gasteiger partial charge in [0.15, 0.2) is 6.04 Å². The molecule has 4 nitrogen and oxygen atoms in total. The zero-order valence-electron chi connectivity index (χ0n) is 14.1. The average Bonchev–Trinajstić information content (AvgIpc) is 3.12. The van der Waals surface area contributed by atoms with E-state index in [1.807, 2.05) is 61.5 Å². The summed E-state index contributed by atoms with van der Waals surface area (Å²) >= 11 is 0. The molecule has 0 unspecified atom stereocenters. The fourth-order valence-corrected chi connectivity index (χ4v) is 3.03. The Morgan fingerprint density at radius 1 is 1.21 bits per heavy atom. The van der Waals surface area contributed by atoms with Gasteiger partial charge in [-0.3, -0.25) is 4.79 Å². The minimum absolute atomic E-state index is 0.00282. The van der Waals surface area contributed by atoms with Crippen LogP contribution in [0.25, 0.3) is 0 Å². The van der Waals surface area contributed by atoms with Crippen molar-refractivity contribution in [3.05, 3.63) is 65.7 Å². The van der Waals surface area contributed by atoms with E-state index in [-0.39, 0.29) is 18.1 Å². The summed E-state index contributed by atoms with van der Waals surface area (Å²) in [7, 11) is 0. The molecule has 24 heavy (non-hydrogen) atoms. The predicted molar refractivity (Wildman–Crippen MR) is 94.8 cm³/mol. The Balaban J connectivity index is 1.70. The lowest BCUT2D eigenvalue weighted by Crippen LogP contribution is -2.89. The Hall–Kier alpha value is -2.17. The molecule has 1 fully saturated rings. The zero-order chi connectivity index (χ0) is 16.8. The number of ether oxygens (including phenoxy) is 1. The van der Waals surface area contributed by atoms with Crippen molar-refractivity contribution in [3.8, 4) is 0 Å². The number of anilines is 1. The van der Waals surface area contributed by atoms with Gasteiger partial charge in [0, 0.05) is 17.9 Å². The van der Waals surface area contributed by atoms with Crippen LogP contribution in [0, 0.1) is 6.92 Å². The van der Waals surface area contributed by atoms with Gasteiger partial charge in [-0.1, -0.05) is 48.0 Å². The first-order valence-corrected chi connectivity index (χ1v) is 8.60. The number of carbonyl (C=O) groups is 1. The van der Waals surface area contributed by atoms with E-state index in [0.29, 0.717) is 0 Å². The molecule has 1 saturated heterocycles. The van der Waals surface area contributed by atoms with Crippen LogP contribution in [0.1, 0.15) is 30.0 Å². The van der Waals surface area contributed by atoms with Gasteiger partial charge in [0.05, 0.1) is 0 Å². The fourth-order valence-electron chi connectivity index (χ4n) is 3.03. The van der Waals surface area contributed by atoms with Crippen LogP contribution in [-0.4, -0.2) is 25.2 Å². The summed E-state index contributed by atoms with van der Waals surface area (Å²) < 4.78 is 5.69. The van der Waals surface area contributed by atoms with Crippen LogP contribution in [0.2, 0.25) is 0 Å². The lowest BCUT2D eigenvalue weighted by atomic mass is 10.1. The third kappa shape index (κ3) is 4.43. The second kappa shape index (κ2) is 8.08. The predicted octanol–water partition coefficient (Wildman–Crippen LogP) is 2.42. The summed E-state index contributed by atoms with van der Waals surface area (Å²) in [6.45, 7) is 3.68. The summed E-state index contributed by atoms with van der Waals surface area (Å²) in [6, 6.07) is 17.5. The number of nitrogens with one attached hydrogen (secondary N) is 1. The molecule has 0 aliphatic carbocycles. The maximum absolute atomic E-state index is 12.8. The number of rotatable bonds is 6. The zero-order valence-corrected chi connectivity index (χ0v) is 14.1. The van der Waals surface area contributed by atoms with E-state index in [2.05, 4.69) is 10.6 Å². The Kier molecular flexibility index (Phi) is 5.62. The first-order chi connectivity index (χ1) is 11.7. The summed E-state index contributed by atoms with van der Waals surface area (Å²) in [5, 5.41) is 5.12. The van der Waals surface area contributed by atoms with Crippen LogP contribution < -0.4 is 10.6 Å². The van der Waals surface area contributed by atoms with Gasteiger partial charge in [0.1, 0.15) is 12.6 Å². The SMILES string of the molecule is Cc1ccc(NC(=O)[C@@H]([NH2+]C[C@H]2CCCO2)c2ccccc2)cc1. The summed E-state index contributed by atoms with van der Waals surface area (Å²) in [5.74, 6) is 0.00282. The van der Waals surface area contributed by atoms with Crippen molar-refractivity contribution in [2.75, 3.05) is 18.5 Å². The second-order valence-electron chi connectivity index (χ2n) is 6.35. The van der Waals surface area contributed by atoms with Crippen LogP contribution in [0.3, 0.4) is 0 Å². The van der Waals surface area contributed by atoms with Crippen LogP contribution in [0.5, 0.6) is 0 Å². The van der Waals surface area contributed by atoms with E-state index < -0.39 is 0 Å². The van der Waals surface area contributed by atoms with Crippen LogP contribution in [0.4, 0.5) is 5.69 Å². The lowest BCUT2D eigenvalue weighted by molar-refractivity contribution is -0.687. The maximum Gasteiger partial charge on any atom is 0.287 e. The Bertz CT molecular complexity index is 649. The Labute approximate surface area is 143 Å². The average molecular weight is 325 g/mol. The molecular weight excluding hydrogens is 300 g/mol. The van der Waals surface area contributed by atoms with Crippen molar-refractivity contribution in [3.63, 3.8) is 0 Å². The summed E-state index contributed by atoms with van der Waals surface area (Å²) in [6.07, 6.45) is 2.45. The number of hydrogen-bond acceptors (Lipinski definition) is 2. The monoisotopic (exact) mass is 325 g/mol. The fraction of sp³-hybridized carbons (Fsp3) is 0.350. The van der Waals surface area contributed by atoms with Crippen LogP contribution in [-0.2, 0) is 9.53 Å². The first-order valence-electron chi connectivity index (χ1n) is 8.60. The van der Waals surface area contributed by atoms with E-state index in [0.717, 1.165) is 37.2 Å². The minimum atomic E-state index is -0.267. The smallest absolute Gasteiger partial charge is 0.287 e. The van der Waals surface area contributed by atoms with E-state index >= 15 is 0 Å². The second-order valence-corrected chi connectivity index (χ2v) is 6.35. The van der Waals surface area contributed by atoms with Crippen LogP contribution >= 0.6 is 0 Å². The van der Waals surface area contributed by atoms with Gasteiger partial charge in [0.25, 0.3) is 5.91 Å². The molecular formula is C20H25N2O2+. The van der Waals surface area contributed by atoms with E-state index in [9.17, 15) is 4.79 Å². The number of nitrogens with two attached hydrogens (primary N) is 1. The molecule has 0 bridgehead atoms. The molecule has 1 heterocycles. The van der Waals surface area contributed by atoms with E-state index in [4.69, 9.17) is 4.74 Å². The molecule has 3 N–H and O–H groups in total. The van der Waals surface area contributed by atoms with E-state index in [1.165, 1.54) is 5.56 Å². The number of hydrogen-bond donors (Lipinski definition) is 2. The number of benzene rings is 2. The Morgan fingerprint density at radius 2 is 1.96 bits per heavy atom. The van der Waals surface area contributed by atoms with Gasteiger partial charge in [-0.05, 0) is 31.9 Å². The molecule has 0 radical (unpaired) electrons. The topological polar surface area (TPSA) is 54.9 Å². The van der Waals surface area contributed by atoms with Crippen molar-refractivity contribution in [2.45, 2.75) is 31.9 Å². The molecule has 2 aromatic carbocycles. The molecule has 4 heteroatoms. The van der Waals surface area contributed by atoms with Crippen molar-refractivity contribution in [2.24, 2.45) is 0 Å². The largest absolute Gasteiger partial charge is 0.372 e. The minimum Gasteiger partial charge on any atom is -0.372 e. The highest BCUT2D eigenvalue weighted by atomic mass is 16.5. The first kappa shape index (κ1) is 16.7. The molecule has 126 valence electrons. The molecule has 1 aliphatic rings. The normalized spacial score (nSPS) is 18.3. The van der Waals surface area contributed by atoms with Gasteiger partial charge < -0.3 is 15.4 Å². The molecule has 0 saturated carbocycles. The van der Waals surface area contributed by atoms with Crippen molar-refractivity contribution < 1.29 is 14.8 Å². The number of amides is 1. The van der Waals surface area contributed by atoms with Gasteiger partial charge in [-0.15, -0.1) is 0 Å². The van der Waals surface area contributed by atoms with Crippen molar-refractivity contribution in [1.29, 1.82) is 0 Å². The van der Waals surface area contributed by atoms with Gasteiger partial charge in [-0.2, -0.15) is 0 Å². The Morgan fingerprint density at radius 3 is 2.62 bits per heavy atom. The van der Waals surface area contributed by atoms with Crippen molar-refractivity contribution in [1.82, 2.24) is 0 Å². The van der Waals surface area contributed by atoms with Gasteiger partial charge in [-0.25, -0.2) is 0 Å². The highest BCUT2D eigenvalue weighted by Gasteiger charge is 2.27. The maximum atomic E-state index is 12.8. The van der Waals surface area contributed by atoms with E-state index in [1.54, 1.807) is 0 Å². The molecule has 3 rings (SSSR count). The molecule has 2 atom stereocenters. The molecule has 0 spiro atoms. The molecule has 1 aliphatic heterocycles. The number of quaternary nitrogens is 1. The standard InChI is InChI=1S/C20H24N2O2/c1-15-9-11-17(12-10-15)22-20(23)19(16-6-3-2-4-7-16)21-14-18-8-5-13-24-18/h2-4,6-7,9-12,18-19,21H,5,8,13-14H2,1H3,(H,22,23)/p+1/t18-,19+/m1/s1.